The third kappa shape index (κ3) is 3.61. The van der Waals surface area contributed by atoms with Crippen LogP contribution in [-0.4, -0.2) is 57.5 Å². The van der Waals surface area contributed by atoms with Crippen molar-refractivity contribution < 1.29 is 18.7 Å². The van der Waals surface area contributed by atoms with Gasteiger partial charge in [-0.25, -0.2) is 18.6 Å². The molecule has 3 heterocycles. The topological polar surface area (TPSA) is 135 Å². The number of nitrogens with zero attached hydrogens (tertiary/aromatic N) is 5. The summed E-state index contributed by atoms with van der Waals surface area (Å²) >= 11 is 1.25. The van der Waals surface area contributed by atoms with Crippen molar-refractivity contribution in [3.8, 4) is 17.3 Å². The number of hydrogen-bond donors (Lipinski definition) is 3. The van der Waals surface area contributed by atoms with Crippen LogP contribution in [0.1, 0.15) is 28.9 Å². The number of nitriles is 1. The zero-order valence-corrected chi connectivity index (χ0v) is 21.1. The number of halogens is 2. The van der Waals surface area contributed by atoms with E-state index in [2.05, 4.69) is 16.3 Å². The monoisotopic (exact) mass is 535 g/mol. The number of nitrogens with two attached hydrogens (primary N) is 1. The number of nitrogens with one attached hydrogen (secondary N) is 1. The lowest BCUT2D eigenvalue weighted by atomic mass is 9.97. The molecule has 1 saturated carbocycles. The normalized spacial score (nSPS) is 23.0. The minimum atomic E-state index is -0.967. The number of carbonyl (C=O) groups is 1. The van der Waals surface area contributed by atoms with E-state index in [-0.39, 0.29) is 11.3 Å². The molecular weight excluding hydrogens is 512 g/mol. The Morgan fingerprint density at radius 2 is 1.92 bits per heavy atom. The fraction of sp³-hybridized carbons (Fsp3) is 0.308. The summed E-state index contributed by atoms with van der Waals surface area (Å²) in [6.07, 6.45) is -0.465. The minimum Gasteiger partial charge on any atom is -0.465 e. The molecule has 0 spiro atoms. The summed E-state index contributed by atoms with van der Waals surface area (Å²) in [6, 6.07) is 11.3. The lowest BCUT2D eigenvalue weighted by molar-refractivity contribution is 0.142. The number of benzene rings is 2. The zero-order chi connectivity index (χ0) is 26.8. The Balaban J connectivity index is 1.35. The highest BCUT2D eigenvalue weighted by Gasteiger charge is 2.67. The first kappa shape index (κ1) is 24.3. The Morgan fingerprint density at radius 3 is 2.58 bits per heavy atom. The Kier molecular flexibility index (Phi) is 5.41. The number of thiazole rings is 1. The molecule has 6 rings (SSSR count). The molecule has 38 heavy (non-hydrogen) atoms. The first-order valence-electron chi connectivity index (χ1n) is 12.0. The van der Waals surface area contributed by atoms with Gasteiger partial charge in [-0.3, -0.25) is 5.10 Å². The van der Waals surface area contributed by atoms with Crippen LogP contribution < -0.4 is 10.6 Å². The van der Waals surface area contributed by atoms with Gasteiger partial charge in [0, 0.05) is 48.2 Å². The Morgan fingerprint density at radius 1 is 1.21 bits per heavy atom. The zero-order valence-electron chi connectivity index (χ0n) is 20.3. The van der Waals surface area contributed by atoms with Gasteiger partial charge < -0.3 is 20.6 Å². The third-order valence-corrected chi connectivity index (χ3v) is 8.99. The molecule has 0 radical (unpaired) electrons. The minimum absolute atomic E-state index is 0.177. The number of anilines is 1. The van der Waals surface area contributed by atoms with Gasteiger partial charge in [-0.05, 0) is 42.8 Å². The maximum absolute atomic E-state index is 15.1. The average molecular weight is 536 g/mol. The lowest BCUT2D eigenvalue weighted by Crippen LogP contribution is -2.48. The molecule has 1 aliphatic heterocycles. The van der Waals surface area contributed by atoms with E-state index in [9.17, 15) is 19.6 Å². The highest BCUT2D eigenvalue weighted by Crippen LogP contribution is 2.63. The molecule has 1 aliphatic carbocycles. The van der Waals surface area contributed by atoms with Crippen LogP contribution >= 0.6 is 11.3 Å². The molecule has 2 fully saturated rings. The Hall–Kier alpha value is -4.08. The number of carboxylic acid groups (broad SMARTS) is 1. The standard InChI is InChI=1S/C26H23F2N7O2S/c1-25(23-31-20(19(12-29)38-23)14-2-4-15(27)5-3-14)13-26(25,30)22-17-10-16(11-18(28)21(17)32-33-22)34-6-8-35(9-7-34)24(36)37/h2-5,10-11H,6-9,13,30H2,1H3,(H,32,33)(H,36,37). The van der Waals surface area contributed by atoms with Crippen LogP contribution in [0.25, 0.3) is 22.2 Å². The van der Waals surface area contributed by atoms with Gasteiger partial charge in [0.05, 0.1) is 16.9 Å². The van der Waals surface area contributed by atoms with Gasteiger partial charge >= 0.3 is 6.09 Å². The van der Waals surface area contributed by atoms with Gasteiger partial charge in [0.2, 0.25) is 0 Å². The summed E-state index contributed by atoms with van der Waals surface area (Å²) in [5.41, 5.74) is 7.87. The number of amides is 1. The number of aromatic nitrogens is 3. The second kappa shape index (κ2) is 8.47. The highest BCUT2D eigenvalue weighted by molar-refractivity contribution is 7.12. The van der Waals surface area contributed by atoms with Gasteiger partial charge in [-0.2, -0.15) is 10.4 Å². The van der Waals surface area contributed by atoms with Gasteiger partial charge in [0.15, 0.2) is 5.82 Å². The number of piperazine rings is 1. The first-order valence-corrected chi connectivity index (χ1v) is 12.8. The van der Waals surface area contributed by atoms with Gasteiger partial charge in [-0.15, -0.1) is 11.3 Å². The number of rotatable bonds is 4. The number of H-pyrrole nitrogens is 1. The maximum atomic E-state index is 15.1. The summed E-state index contributed by atoms with van der Waals surface area (Å²) in [5, 5.41) is 27.4. The van der Waals surface area contributed by atoms with Gasteiger partial charge in [-0.1, -0.05) is 6.92 Å². The van der Waals surface area contributed by atoms with Crippen LogP contribution in [-0.2, 0) is 11.0 Å². The summed E-state index contributed by atoms with van der Waals surface area (Å²) in [6.45, 7) is 3.50. The summed E-state index contributed by atoms with van der Waals surface area (Å²) in [7, 11) is 0. The molecule has 1 saturated heterocycles. The van der Waals surface area contributed by atoms with Gasteiger partial charge in [0.25, 0.3) is 0 Å². The fourth-order valence-electron chi connectivity index (χ4n) is 5.32. The van der Waals surface area contributed by atoms with Crippen molar-refractivity contribution in [3.05, 3.63) is 63.6 Å². The predicted molar refractivity (Wildman–Crippen MR) is 138 cm³/mol. The van der Waals surface area contributed by atoms with E-state index < -0.39 is 22.9 Å². The summed E-state index contributed by atoms with van der Waals surface area (Å²) in [4.78, 5) is 19.7. The molecule has 12 heteroatoms. The fourth-order valence-corrected chi connectivity index (χ4v) is 6.43. The summed E-state index contributed by atoms with van der Waals surface area (Å²) in [5.74, 6) is -0.870. The number of aromatic amines is 1. The van der Waals surface area contributed by atoms with E-state index in [1.807, 2.05) is 17.9 Å². The molecule has 2 aliphatic rings. The molecule has 2 atom stereocenters. The largest absolute Gasteiger partial charge is 0.465 e. The molecule has 2 aromatic heterocycles. The smallest absolute Gasteiger partial charge is 0.407 e. The predicted octanol–water partition coefficient (Wildman–Crippen LogP) is 4.15. The van der Waals surface area contributed by atoms with Crippen molar-refractivity contribution in [2.75, 3.05) is 31.1 Å². The molecule has 194 valence electrons. The average Bonchev–Trinajstić information content (AvgIpc) is 3.27. The maximum Gasteiger partial charge on any atom is 0.407 e. The first-order chi connectivity index (χ1) is 18.1. The molecule has 9 nitrogen and oxygen atoms in total. The second-order valence-corrected chi connectivity index (χ2v) is 11.0. The van der Waals surface area contributed by atoms with E-state index in [0.717, 1.165) is 0 Å². The quantitative estimate of drug-likeness (QED) is 0.357. The lowest BCUT2D eigenvalue weighted by Gasteiger charge is -2.34. The van der Waals surface area contributed by atoms with Crippen molar-refractivity contribution in [1.82, 2.24) is 20.1 Å². The molecular formula is C26H23F2N7O2S. The van der Waals surface area contributed by atoms with E-state index in [0.29, 0.717) is 70.5 Å². The van der Waals surface area contributed by atoms with Crippen LogP contribution in [0.5, 0.6) is 0 Å². The Bertz CT molecular complexity index is 1620. The molecule has 4 N–H and O–H groups in total. The van der Waals surface area contributed by atoms with Crippen molar-refractivity contribution >= 4 is 34.0 Å². The van der Waals surface area contributed by atoms with Crippen LogP contribution in [0, 0.1) is 23.0 Å². The van der Waals surface area contributed by atoms with E-state index >= 15 is 4.39 Å². The van der Waals surface area contributed by atoms with Gasteiger partial charge in [0.1, 0.15) is 27.3 Å². The molecule has 0 bridgehead atoms. The van der Waals surface area contributed by atoms with Crippen LogP contribution in [0.15, 0.2) is 36.4 Å². The molecule has 2 unspecified atom stereocenters. The molecule has 2 aromatic carbocycles. The van der Waals surface area contributed by atoms with E-state index in [4.69, 9.17) is 10.7 Å². The summed E-state index contributed by atoms with van der Waals surface area (Å²) < 4.78 is 28.6. The van der Waals surface area contributed by atoms with Crippen molar-refractivity contribution in [2.45, 2.75) is 24.3 Å². The van der Waals surface area contributed by atoms with E-state index in [1.54, 1.807) is 12.1 Å². The van der Waals surface area contributed by atoms with Crippen molar-refractivity contribution in [3.63, 3.8) is 0 Å². The van der Waals surface area contributed by atoms with Crippen LogP contribution in [0.3, 0.4) is 0 Å². The van der Waals surface area contributed by atoms with Crippen LogP contribution in [0.4, 0.5) is 19.3 Å². The van der Waals surface area contributed by atoms with Crippen molar-refractivity contribution in [1.29, 1.82) is 5.26 Å². The number of hydrogen-bond acceptors (Lipinski definition) is 7. The second-order valence-electron chi connectivity index (χ2n) is 9.97. The Labute approximate surface area is 220 Å². The van der Waals surface area contributed by atoms with Crippen molar-refractivity contribution in [2.24, 2.45) is 5.73 Å². The van der Waals surface area contributed by atoms with E-state index in [1.165, 1.54) is 34.4 Å². The van der Waals surface area contributed by atoms with Crippen LogP contribution in [0.2, 0.25) is 0 Å². The number of fused-ring (bicyclic) bond motifs is 1. The molecule has 4 aromatic rings. The highest BCUT2D eigenvalue weighted by atomic mass is 32.1. The molecule has 1 amide bonds. The SMILES string of the molecule is CC1(c2nc(-c3ccc(F)cc3)c(C#N)s2)CC1(N)c1[nH]nc2c(F)cc(N3CCN(C(=O)O)CC3)cc12. The third-order valence-electron chi connectivity index (χ3n) is 7.77.